The van der Waals surface area contributed by atoms with E-state index in [0.717, 1.165) is 0 Å². The zero-order valence-electron chi connectivity index (χ0n) is 15.1. The van der Waals surface area contributed by atoms with Gasteiger partial charge in [-0.05, 0) is 0 Å². The molecule has 0 heterocycles. The molecule has 0 unspecified atom stereocenters. The van der Waals surface area contributed by atoms with Gasteiger partial charge in [-0.2, -0.15) is 0 Å². The Morgan fingerprint density at radius 3 is 0.571 bits per heavy atom. The topological polar surface area (TPSA) is 525 Å². The molecule has 0 bridgehead atoms. The van der Waals surface area contributed by atoms with E-state index in [1.807, 2.05) is 0 Å². The Hall–Kier alpha value is 0.445. The van der Waals surface area contributed by atoms with Crippen molar-refractivity contribution in [1.29, 1.82) is 0 Å². The first kappa shape index (κ1) is 89.8. The molecule has 28 heavy (non-hydrogen) atoms. The van der Waals surface area contributed by atoms with Crippen LogP contribution in [0.25, 0.3) is 0 Å². The van der Waals surface area contributed by atoms with Gasteiger partial charge in [-0.25, -0.2) is 0 Å². The van der Waals surface area contributed by atoms with Gasteiger partial charge in [0.05, 0.1) is 0 Å². The van der Waals surface area contributed by atoms with Gasteiger partial charge in [0.15, 0.2) is 0 Å². The van der Waals surface area contributed by atoms with Gasteiger partial charge >= 0.3 is 66.2 Å². The van der Waals surface area contributed by atoms with E-state index in [4.69, 9.17) is 45.2 Å². The second-order valence-electron chi connectivity index (χ2n) is 2.02. The maximum Gasteiger partial charge on any atom is 1.00 e. The van der Waals surface area contributed by atoms with E-state index >= 15 is 0 Å². The molecule has 0 aromatic rings. The maximum atomic E-state index is 8.20. The fourth-order valence-corrected chi connectivity index (χ4v) is 0.394. The SMILES string of the molecule is O.O.O.O.O.O.O.O.O.O.OB(O)O.OB(O)OB(OB(O)O)OB(O)O.[H-].[Na+]. The molecule has 28 heteroatoms. The minimum Gasteiger partial charge on any atom is -1.00 e. The molecule has 0 aromatic heterocycles. The molecule has 0 fully saturated rings. The molecule has 0 saturated heterocycles. The number of rotatable bonds is 6. The van der Waals surface area contributed by atoms with Crippen LogP contribution < -0.4 is 29.6 Å². The predicted octanol–water partition coefficient (Wildman–Crippen LogP) is -18.3. The summed E-state index contributed by atoms with van der Waals surface area (Å²) in [6.07, 6.45) is 0. The van der Waals surface area contributed by atoms with Crippen molar-refractivity contribution in [1.82, 2.24) is 0 Å². The van der Waals surface area contributed by atoms with Crippen molar-refractivity contribution in [2.75, 3.05) is 0 Å². The largest absolute Gasteiger partial charge is 1.00 e. The maximum absolute atomic E-state index is 8.20. The van der Waals surface area contributed by atoms with Gasteiger partial charge in [-0.3, -0.25) is 0 Å². The predicted molar refractivity (Wildman–Crippen MR) is 89.2 cm³/mol. The Bertz CT molecular complexity index is 147. The van der Waals surface area contributed by atoms with Crippen LogP contribution in [-0.2, 0) is 13.7 Å². The number of hydrogen-bond acceptors (Lipinski definition) is 12. The minimum atomic E-state index is -2.33. The molecule has 0 aliphatic rings. The third kappa shape index (κ3) is 111. The van der Waals surface area contributed by atoms with Crippen molar-refractivity contribution in [2.24, 2.45) is 0 Å². The molecule has 0 aliphatic carbocycles. The van der Waals surface area contributed by atoms with Crippen LogP contribution in [-0.4, -0.2) is 137 Å². The fourth-order valence-electron chi connectivity index (χ4n) is 0.394. The van der Waals surface area contributed by atoms with Crippen LogP contribution in [0.15, 0.2) is 0 Å². The van der Waals surface area contributed by atoms with Crippen LogP contribution in [0.4, 0.5) is 0 Å². The second-order valence-corrected chi connectivity index (χ2v) is 2.02. The van der Waals surface area contributed by atoms with Crippen molar-refractivity contribution in [3.05, 3.63) is 0 Å². The molecule has 0 spiro atoms. The van der Waals surface area contributed by atoms with Crippen molar-refractivity contribution in [3.8, 4) is 0 Å². The summed E-state index contributed by atoms with van der Waals surface area (Å²) in [6.45, 7) is 0. The first-order valence-corrected chi connectivity index (χ1v) is 3.74. The summed E-state index contributed by atoms with van der Waals surface area (Å²) >= 11 is 0. The summed E-state index contributed by atoms with van der Waals surface area (Å²) in [4.78, 5) is 0. The van der Waals surface area contributed by atoms with E-state index in [1.165, 1.54) is 0 Å². The van der Waals surface area contributed by atoms with Crippen molar-refractivity contribution >= 4 is 36.6 Å². The molecule has 0 aliphatic heterocycles. The first-order valence-electron chi connectivity index (χ1n) is 3.74. The van der Waals surface area contributed by atoms with E-state index in [0.29, 0.717) is 0 Å². The molecule has 0 amide bonds. The van der Waals surface area contributed by atoms with E-state index < -0.39 is 36.6 Å². The zero-order valence-corrected chi connectivity index (χ0v) is 16.1. The van der Waals surface area contributed by atoms with E-state index in [-0.39, 0.29) is 85.7 Å². The average molecular weight is 459 g/mol. The second kappa shape index (κ2) is 56.4. The Morgan fingerprint density at radius 1 is 0.393 bits per heavy atom. The summed E-state index contributed by atoms with van der Waals surface area (Å²) in [5, 5.41) is 70.7. The van der Waals surface area contributed by atoms with Crippen molar-refractivity contribution in [2.45, 2.75) is 0 Å². The Balaban J connectivity index is -0.0000000109. The molecule has 0 atom stereocenters. The van der Waals surface area contributed by atoms with Gasteiger partial charge in [-0.15, -0.1) is 0 Å². The van der Waals surface area contributed by atoms with Gasteiger partial charge in [0, 0.05) is 0 Å². The van der Waals surface area contributed by atoms with Gasteiger partial charge in [0.25, 0.3) is 0 Å². The third-order valence-electron chi connectivity index (χ3n) is 0.698. The zero-order chi connectivity index (χ0) is 14.0. The van der Waals surface area contributed by atoms with Crippen molar-refractivity contribution in [3.63, 3.8) is 0 Å². The quantitative estimate of drug-likeness (QED) is 0.167. The molecule has 0 saturated carbocycles. The van der Waals surface area contributed by atoms with Crippen LogP contribution in [0.1, 0.15) is 1.43 Å². The number of hydrogen-bond donors (Lipinski definition) is 9. The summed E-state index contributed by atoms with van der Waals surface area (Å²) in [7, 11) is -11.2. The van der Waals surface area contributed by atoms with Crippen LogP contribution in [0, 0.1) is 0 Å². The third-order valence-corrected chi connectivity index (χ3v) is 0.698. The summed E-state index contributed by atoms with van der Waals surface area (Å²) in [6, 6.07) is 0. The molecular weight excluding hydrogens is 429 g/mol. The van der Waals surface area contributed by atoms with Gasteiger partial charge in [-0.1, -0.05) is 0 Å². The Morgan fingerprint density at radius 2 is 0.500 bits per heavy atom. The molecule has 0 aromatic carbocycles. The van der Waals surface area contributed by atoms with Gasteiger partial charge in [0.2, 0.25) is 0 Å². The Labute approximate surface area is 181 Å². The van der Waals surface area contributed by atoms with Gasteiger partial charge < -0.3 is 115 Å². The minimum absolute atomic E-state index is 0. The monoisotopic (exact) mass is 460 g/mol. The molecule has 0 rings (SSSR count). The van der Waals surface area contributed by atoms with Crippen LogP contribution in [0.2, 0.25) is 0 Å². The van der Waals surface area contributed by atoms with Crippen LogP contribution >= 0.6 is 0 Å². The standard InChI is InChI=1S/B4H6O9.BH3O3.Na.10H2O.H/c5-1(6)11-4(12-2(7)8)13-3(9)10;2-1(3)4;;;;;;;;;;;;/h5-10H;2-4H;;10*1H2;/q;;+1;;;;;;;;;;;-1. The van der Waals surface area contributed by atoms with Crippen LogP contribution in [0.5, 0.6) is 0 Å². The summed E-state index contributed by atoms with van der Waals surface area (Å²) in [5.74, 6) is 0. The molecule has 29 N–H and O–H groups in total. The van der Waals surface area contributed by atoms with E-state index in [1.54, 1.807) is 0 Å². The normalized spacial score (nSPS) is 5.46. The Kier molecular flexibility index (Phi) is 181. The van der Waals surface area contributed by atoms with E-state index in [2.05, 4.69) is 13.7 Å². The molecule has 0 radical (unpaired) electrons. The van der Waals surface area contributed by atoms with Crippen LogP contribution in [0.3, 0.4) is 0 Å². The van der Waals surface area contributed by atoms with Crippen molar-refractivity contribution < 1.29 is 145 Å². The molecule has 178 valence electrons. The molecular formula is H30B5NaO22. The molecule has 22 nitrogen and oxygen atoms in total. The van der Waals surface area contributed by atoms with Gasteiger partial charge in [0.1, 0.15) is 0 Å². The fraction of sp³-hybridized carbons (Fsp3) is 0. The summed E-state index contributed by atoms with van der Waals surface area (Å²) < 4.78 is 11.7. The smallest absolute Gasteiger partial charge is 1.00 e. The average Bonchev–Trinajstić information content (AvgIpc) is 1.96. The van der Waals surface area contributed by atoms with E-state index in [9.17, 15) is 0 Å². The first-order chi connectivity index (χ1) is 7.65. The summed E-state index contributed by atoms with van der Waals surface area (Å²) in [5.41, 5.74) is 0.